The van der Waals surface area contributed by atoms with Gasteiger partial charge in [-0.05, 0) is 12.8 Å². The van der Waals surface area contributed by atoms with Crippen molar-refractivity contribution in [3.63, 3.8) is 0 Å². The molecule has 4 heterocycles. The number of hydrogen-bond donors (Lipinski definition) is 1. The van der Waals surface area contributed by atoms with Crippen LogP contribution in [0.5, 0.6) is 0 Å². The summed E-state index contributed by atoms with van der Waals surface area (Å²) in [6.45, 7) is 8.94. The number of fused-ring (bicyclic) bond motifs is 1. The first-order chi connectivity index (χ1) is 13.7. The lowest BCUT2D eigenvalue weighted by Gasteiger charge is -2.39. The van der Waals surface area contributed by atoms with Gasteiger partial charge in [-0.15, -0.1) is 0 Å². The third-order valence-corrected chi connectivity index (χ3v) is 5.57. The smallest absolute Gasteiger partial charge is 0.275 e. The summed E-state index contributed by atoms with van der Waals surface area (Å²) < 4.78 is 5.12. The molecule has 0 aromatic carbocycles. The Morgan fingerprint density at radius 3 is 2.62 bits per heavy atom. The van der Waals surface area contributed by atoms with E-state index in [0.29, 0.717) is 42.7 Å². The predicted molar refractivity (Wildman–Crippen MR) is 107 cm³/mol. The summed E-state index contributed by atoms with van der Waals surface area (Å²) in [7, 11) is 1.90. The summed E-state index contributed by atoms with van der Waals surface area (Å²) >= 11 is 0. The second-order valence-electron chi connectivity index (χ2n) is 8.24. The fraction of sp³-hybridized carbons (Fsp3) is 0.550. The number of anilines is 2. The second kappa shape index (κ2) is 7.13. The van der Waals surface area contributed by atoms with Crippen LogP contribution in [-0.4, -0.2) is 57.8 Å². The maximum Gasteiger partial charge on any atom is 0.275 e. The van der Waals surface area contributed by atoms with Crippen molar-refractivity contribution < 1.29 is 14.0 Å². The third-order valence-electron chi connectivity index (χ3n) is 5.57. The fourth-order valence-corrected chi connectivity index (χ4v) is 4.11. The van der Waals surface area contributed by atoms with Gasteiger partial charge in [0, 0.05) is 39.4 Å². The van der Waals surface area contributed by atoms with Gasteiger partial charge in [0.1, 0.15) is 23.8 Å². The topological polar surface area (TPSA) is 104 Å². The van der Waals surface area contributed by atoms with E-state index in [9.17, 15) is 9.59 Å². The monoisotopic (exact) mass is 398 g/mol. The van der Waals surface area contributed by atoms with Crippen LogP contribution in [-0.2, 0) is 11.2 Å². The molecule has 2 aliphatic rings. The van der Waals surface area contributed by atoms with Gasteiger partial charge in [-0.3, -0.25) is 9.59 Å². The highest BCUT2D eigenvalue weighted by molar-refractivity contribution is 6.03. The summed E-state index contributed by atoms with van der Waals surface area (Å²) in [6.07, 6.45) is 2.08. The molecular formula is C20H26N6O3. The Morgan fingerprint density at radius 1 is 1.28 bits per heavy atom. The minimum absolute atomic E-state index is 0.0225. The number of rotatable bonds is 4. The van der Waals surface area contributed by atoms with Gasteiger partial charge >= 0.3 is 0 Å². The molecule has 2 amide bonds. The van der Waals surface area contributed by atoms with E-state index in [0.717, 1.165) is 17.3 Å². The van der Waals surface area contributed by atoms with E-state index in [1.165, 1.54) is 6.26 Å². The number of hydrogen-bond acceptors (Lipinski definition) is 7. The van der Waals surface area contributed by atoms with Crippen molar-refractivity contribution in [3.05, 3.63) is 29.4 Å². The zero-order valence-electron chi connectivity index (χ0n) is 17.4. The van der Waals surface area contributed by atoms with Crippen LogP contribution in [0.15, 0.2) is 10.7 Å². The van der Waals surface area contributed by atoms with E-state index in [1.54, 1.807) is 11.8 Å². The molecule has 0 spiro atoms. The van der Waals surface area contributed by atoms with Gasteiger partial charge < -0.3 is 19.5 Å². The van der Waals surface area contributed by atoms with Crippen molar-refractivity contribution in [3.8, 4) is 0 Å². The molecule has 1 fully saturated rings. The van der Waals surface area contributed by atoms with Gasteiger partial charge in [0.2, 0.25) is 5.91 Å². The lowest BCUT2D eigenvalue weighted by atomic mass is 9.95. The fourth-order valence-electron chi connectivity index (χ4n) is 4.11. The van der Waals surface area contributed by atoms with Crippen molar-refractivity contribution in [2.24, 2.45) is 11.8 Å². The Hall–Kier alpha value is -2.97. The molecule has 4 rings (SSSR count). The largest absolute Gasteiger partial charge is 0.448 e. The highest BCUT2D eigenvalue weighted by Crippen LogP contribution is 2.34. The highest BCUT2D eigenvalue weighted by atomic mass is 16.3. The van der Waals surface area contributed by atoms with E-state index in [1.807, 2.05) is 32.7 Å². The Labute approximate surface area is 169 Å². The lowest BCUT2D eigenvalue weighted by Crippen LogP contribution is -2.51. The number of likely N-dealkylation sites (tertiary alicyclic amines) is 1. The first-order valence-corrected chi connectivity index (χ1v) is 9.87. The zero-order valence-corrected chi connectivity index (χ0v) is 17.4. The van der Waals surface area contributed by atoms with Crippen LogP contribution in [0.4, 0.5) is 11.5 Å². The first kappa shape index (κ1) is 19.4. The number of likely N-dealkylation sites (N-methyl/N-ethyl adjacent to an activating group) is 1. The quantitative estimate of drug-likeness (QED) is 0.837. The van der Waals surface area contributed by atoms with E-state index >= 15 is 0 Å². The van der Waals surface area contributed by atoms with Crippen molar-refractivity contribution in [1.82, 2.24) is 19.9 Å². The summed E-state index contributed by atoms with van der Waals surface area (Å²) in [5.74, 6) is 2.32. The highest BCUT2D eigenvalue weighted by Gasteiger charge is 2.37. The molecule has 1 saturated heterocycles. The molecule has 1 N–H and O–H groups in total. The molecule has 9 heteroatoms. The first-order valence-electron chi connectivity index (χ1n) is 9.87. The summed E-state index contributed by atoms with van der Waals surface area (Å²) in [6, 6.07) is -0.257. The predicted octanol–water partition coefficient (Wildman–Crippen LogP) is 1.81. The van der Waals surface area contributed by atoms with Crippen LogP contribution in [0, 0.1) is 25.7 Å². The molecular weight excluding hydrogens is 372 g/mol. The van der Waals surface area contributed by atoms with E-state index in [4.69, 9.17) is 9.40 Å². The number of carbonyl (C=O) groups is 2. The molecule has 9 nitrogen and oxygen atoms in total. The molecule has 2 aromatic rings. The molecule has 1 atom stereocenters. The molecule has 154 valence electrons. The van der Waals surface area contributed by atoms with E-state index in [-0.39, 0.29) is 23.8 Å². The van der Waals surface area contributed by atoms with Gasteiger partial charge in [-0.2, -0.15) is 0 Å². The number of nitrogens with zero attached hydrogens (tertiary/aromatic N) is 5. The van der Waals surface area contributed by atoms with Gasteiger partial charge in [0.15, 0.2) is 17.4 Å². The average molecular weight is 398 g/mol. The van der Waals surface area contributed by atoms with Crippen molar-refractivity contribution >= 4 is 23.3 Å². The minimum atomic E-state index is -0.257. The van der Waals surface area contributed by atoms with Crippen molar-refractivity contribution in [2.75, 3.05) is 30.4 Å². The third kappa shape index (κ3) is 3.45. The van der Waals surface area contributed by atoms with Crippen LogP contribution in [0.25, 0.3) is 0 Å². The van der Waals surface area contributed by atoms with Crippen LogP contribution >= 0.6 is 0 Å². The molecule has 0 unspecified atom stereocenters. The molecule has 2 aromatic heterocycles. The number of aromatic nitrogens is 3. The maximum atomic E-state index is 12.4. The standard InChI is InChI=1S/C20H26N6O3/c1-10(2)17-19(27)24-16-11(3)21-15(23-18(16)25(17)5)6-13-7-26(8-13)20(28)14-9-29-12(4)22-14/h9-10,13,17H,6-8H2,1-5H3,(H,24,27)/t17-/m0/s1. The number of aryl methyl sites for hydroxylation is 2. The number of carbonyl (C=O) groups excluding carboxylic acids is 2. The van der Waals surface area contributed by atoms with E-state index in [2.05, 4.69) is 15.3 Å². The van der Waals surface area contributed by atoms with Crippen LogP contribution < -0.4 is 10.2 Å². The molecule has 0 radical (unpaired) electrons. The van der Waals surface area contributed by atoms with Crippen LogP contribution in [0.1, 0.15) is 41.7 Å². The minimum Gasteiger partial charge on any atom is -0.448 e. The Morgan fingerprint density at radius 2 is 2.00 bits per heavy atom. The Bertz CT molecular complexity index is 963. The normalized spacial score (nSPS) is 19.2. The maximum absolute atomic E-state index is 12.4. The summed E-state index contributed by atoms with van der Waals surface area (Å²) in [5, 5.41) is 2.97. The molecule has 29 heavy (non-hydrogen) atoms. The summed E-state index contributed by atoms with van der Waals surface area (Å²) in [5.41, 5.74) is 1.79. The second-order valence-corrected chi connectivity index (χ2v) is 8.24. The van der Waals surface area contributed by atoms with E-state index < -0.39 is 0 Å². The van der Waals surface area contributed by atoms with Gasteiger partial charge in [0.25, 0.3) is 5.91 Å². The SMILES string of the molecule is Cc1nc(C(=O)N2CC(Cc3nc(C)c4c(n3)N(C)[C@@H](C(C)C)C(=O)N4)C2)co1. The van der Waals surface area contributed by atoms with Crippen molar-refractivity contribution in [1.29, 1.82) is 0 Å². The Kier molecular flexibility index (Phi) is 4.76. The number of amides is 2. The van der Waals surface area contributed by atoms with Crippen LogP contribution in [0.2, 0.25) is 0 Å². The lowest BCUT2D eigenvalue weighted by molar-refractivity contribution is -0.118. The average Bonchev–Trinajstić information content (AvgIpc) is 3.04. The van der Waals surface area contributed by atoms with Crippen LogP contribution in [0.3, 0.4) is 0 Å². The van der Waals surface area contributed by atoms with Crippen molar-refractivity contribution in [2.45, 2.75) is 40.2 Å². The molecule has 0 bridgehead atoms. The number of nitrogens with one attached hydrogen (secondary N) is 1. The zero-order chi connectivity index (χ0) is 20.9. The number of oxazole rings is 1. The summed E-state index contributed by atoms with van der Waals surface area (Å²) in [4.78, 5) is 42.0. The Balaban J connectivity index is 1.45. The molecule has 0 aliphatic carbocycles. The van der Waals surface area contributed by atoms with Gasteiger partial charge in [-0.1, -0.05) is 13.8 Å². The molecule has 2 aliphatic heterocycles. The molecule has 0 saturated carbocycles. The van der Waals surface area contributed by atoms with Gasteiger partial charge in [-0.25, -0.2) is 15.0 Å². The van der Waals surface area contributed by atoms with Gasteiger partial charge in [0.05, 0.1) is 5.69 Å².